The lowest BCUT2D eigenvalue weighted by atomic mass is 9.92. The van der Waals surface area contributed by atoms with Crippen molar-refractivity contribution in [2.45, 2.75) is 18.2 Å². The van der Waals surface area contributed by atoms with Gasteiger partial charge >= 0.3 is 0 Å². The highest BCUT2D eigenvalue weighted by atomic mass is 35.5. The van der Waals surface area contributed by atoms with Gasteiger partial charge in [0, 0.05) is 18.2 Å². The molecule has 1 atom stereocenters. The van der Waals surface area contributed by atoms with Crippen molar-refractivity contribution in [2.24, 2.45) is 5.92 Å². The fourth-order valence-corrected chi connectivity index (χ4v) is 2.77. The highest BCUT2D eigenvalue weighted by Gasteiger charge is 2.26. The van der Waals surface area contributed by atoms with E-state index in [1.54, 1.807) is 0 Å². The summed E-state index contributed by atoms with van der Waals surface area (Å²) in [5.74, 6) is -1.68. The van der Waals surface area contributed by atoms with E-state index in [4.69, 9.17) is 27.9 Å². The first kappa shape index (κ1) is 13.1. The van der Waals surface area contributed by atoms with Gasteiger partial charge in [-0.2, -0.15) is 0 Å². The molecule has 0 radical (unpaired) electrons. The van der Waals surface area contributed by atoms with Gasteiger partial charge in [-0.25, -0.2) is 8.78 Å². The first-order valence-corrected chi connectivity index (χ1v) is 6.27. The molecule has 1 aromatic carbocycles. The van der Waals surface area contributed by atoms with Crippen LogP contribution in [-0.2, 0) is 4.74 Å². The zero-order valence-corrected chi connectivity index (χ0v) is 10.6. The molecule has 1 aliphatic rings. The molecule has 0 spiro atoms. The van der Waals surface area contributed by atoms with Crippen molar-refractivity contribution in [3.05, 3.63) is 34.4 Å². The second-order valence-corrected chi connectivity index (χ2v) is 5.02. The van der Waals surface area contributed by atoms with Crippen LogP contribution in [0.3, 0.4) is 0 Å². The molecule has 1 heterocycles. The van der Waals surface area contributed by atoms with Crippen LogP contribution < -0.4 is 0 Å². The zero-order valence-electron chi connectivity index (χ0n) is 9.06. The molecule has 0 N–H and O–H groups in total. The van der Waals surface area contributed by atoms with E-state index in [1.165, 1.54) is 0 Å². The molecule has 1 aromatic rings. The second-order valence-electron chi connectivity index (χ2n) is 4.14. The lowest BCUT2D eigenvalue weighted by molar-refractivity contribution is 0.0650. The summed E-state index contributed by atoms with van der Waals surface area (Å²) in [7, 11) is 0. The molecule has 1 unspecified atom stereocenters. The van der Waals surface area contributed by atoms with E-state index in [2.05, 4.69) is 0 Å². The third-order valence-electron chi connectivity index (χ3n) is 3.02. The van der Waals surface area contributed by atoms with Gasteiger partial charge in [-0.05, 0) is 36.5 Å². The molecule has 0 aromatic heterocycles. The predicted octanol–water partition coefficient (Wildman–Crippen LogP) is 4.32. The molecule has 1 saturated heterocycles. The van der Waals surface area contributed by atoms with Crippen molar-refractivity contribution in [3.8, 4) is 0 Å². The molecule has 94 valence electrons. The van der Waals surface area contributed by atoms with Gasteiger partial charge < -0.3 is 4.74 Å². The summed E-state index contributed by atoms with van der Waals surface area (Å²) < 4.78 is 31.3. The van der Waals surface area contributed by atoms with E-state index in [-0.39, 0.29) is 10.9 Å². The average Bonchev–Trinajstić information content (AvgIpc) is 2.34. The Bertz CT molecular complexity index is 406. The highest BCUT2D eigenvalue weighted by molar-refractivity contribution is 6.32. The van der Waals surface area contributed by atoms with Crippen molar-refractivity contribution in [1.29, 1.82) is 0 Å². The number of ether oxygens (including phenoxy) is 1. The molecular formula is C12H12Cl2F2O. The normalized spacial score (nSPS) is 19.3. The Morgan fingerprint density at radius 3 is 2.41 bits per heavy atom. The maximum Gasteiger partial charge on any atom is 0.160 e. The second kappa shape index (κ2) is 5.51. The predicted molar refractivity (Wildman–Crippen MR) is 63.5 cm³/mol. The van der Waals surface area contributed by atoms with Crippen molar-refractivity contribution in [1.82, 2.24) is 0 Å². The first-order valence-electron chi connectivity index (χ1n) is 5.46. The van der Waals surface area contributed by atoms with Gasteiger partial charge in [-0.3, -0.25) is 0 Å². The summed E-state index contributed by atoms with van der Waals surface area (Å²) >= 11 is 12.2. The van der Waals surface area contributed by atoms with Gasteiger partial charge in [0.2, 0.25) is 0 Å². The van der Waals surface area contributed by atoms with E-state index < -0.39 is 17.0 Å². The largest absolute Gasteiger partial charge is 0.381 e. The lowest BCUT2D eigenvalue weighted by Gasteiger charge is -2.27. The van der Waals surface area contributed by atoms with Crippen LogP contribution in [0.2, 0.25) is 5.02 Å². The molecule has 5 heteroatoms. The van der Waals surface area contributed by atoms with Gasteiger partial charge in [0.25, 0.3) is 0 Å². The zero-order chi connectivity index (χ0) is 12.4. The summed E-state index contributed by atoms with van der Waals surface area (Å²) in [6.07, 6.45) is 1.62. The molecular weight excluding hydrogens is 269 g/mol. The molecule has 1 aliphatic heterocycles. The van der Waals surface area contributed by atoms with Gasteiger partial charge in [-0.1, -0.05) is 11.6 Å². The topological polar surface area (TPSA) is 9.23 Å². The minimum Gasteiger partial charge on any atom is -0.381 e. The summed E-state index contributed by atoms with van der Waals surface area (Å²) in [5, 5.41) is -0.225. The van der Waals surface area contributed by atoms with E-state index in [0.717, 1.165) is 25.0 Å². The van der Waals surface area contributed by atoms with Gasteiger partial charge in [0.15, 0.2) is 11.6 Å². The van der Waals surface area contributed by atoms with Crippen LogP contribution in [0, 0.1) is 17.6 Å². The van der Waals surface area contributed by atoms with Crippen molar-refractivity contribution < 1.29 is 13.5 Å². The monoisotopic (exact) mass is 280 g/mol. The average molecular weight is 281 g/mol. The quantitative estimate of drug-likeness (QED) is 0.579. The van der Waals surface area contributed by atoms with Crippen LogP contribution in [-0.4, -0.2) is 13.2 Å². The Balaban J connectivity index is 2.23. The standard InChI is InChI=1S/C12H12Cl2F2O/c13-9-6-11(16)10(15)5-8(9)12(14)7-1-3-17-4-2-7/h5-7,12H,1-4H2. The van der Waals surface area contributed by atoms with E-state index in [9.17, 15) is 8.78 Å². The summed E-state index contributed by atoms with van der Waals surface area (Å²) in [4.78, 5) is 0. The van der Waals surface area contributed by atoms with Crippen LogP contribution >= 0.6 is 23.2 Å². The number of hydrogen-bond donors (Lipinski definition) is 0. The molecule has 0 bridgehead atoms. The minimum atomic E-state index is -0.949. The third-order valence-corrected chi connectivity index (χ3v) is 3.94. The van der Waals surface area contributed by atoms with E-state index >= 15 is 0 Å². The molecule has 0 aliphatic carbocycles. The molecule has 1 nitrogen and oxygen atoms in total. The SMILES string of the molecule is Fc1cc(Cl)c(C(Cl)C2CCOCC2)cc1F. The number of hydrogen-bond acceptors (Lipinski definition) is 1. The summed E-state index contributed by atoms with van der Waals surface area (Å²) in [6, 6.07) is 2.06. The van der Waals surface area contributed by atoms with Crippen molar-refractivity contribution >= 4 is 23.2 Å². The van der Waals surface area contributed by atoms with Crippen molar-refractivity contribution in [2.75, 3.05) is 13.2 Å². The third kappa shape index (κ3) is 2.90. The Kier molecular flexibility index (Phi) is 4.23. The van der Waals surface area contributed by atoms with Gasteiger partial charge in [-0.15, -0.1) is 11.6 Å². The van der Waals surface area contributed by atoms with Gasteiger partial charge in [0.1, 0.15) is 0 Å². The fourth-order valence-electron chi connectivity index (χ4n) is 2.01. The summed E-state index contributed by atoms with van der Waals surface area (Å²) in [6.45, 7) is 1.30. The van der Waals surface area contributed by atoms with Crippen LogP contribution in [0.5, 0.6) is 0 Å². The number of alkyl halides is 1. The number of halogens is 4. The van der Waals surface area contributed by atoms with E-state index in [1.807, 2.05) is 0 Å². The lowest BCUT2D eigenvalue weighted by Crippen LogP contribution is -2.19. The number of benzene rings is 1. The Labute approximate surface area is 109 Å². The molecule has 1 fully saturated rings. The molecule has 0 saturated carbocycles. The highest BCUT2D eigenvalue weighted by Crippen LogP contribution is 2.39. The maximum absolute atomic E-state index is 13.2. The molecule has 2 rings (SSSR count). The van der Waals surface area contributed by atoms with Crippen LogP contribution in [0.4, 0.5) is 8.78 Å². The summed E-state index contributed by atoms with van der Waals surface area (Å²) in [5.41, 5.74) is 0.458. The van der Waals surface area contributed by atoms with Crippen LogP contribution in [0.1, 0.15) is 23.8 Å². The smallest absolute Gasteiger partial charge is 0.160 e. The van der Waals surface area contributed by atoms with Crippen LogP contribution in [0.15, 0.2) is 12.1 Å². The first-order chi connectivity index (χ1) is 8.09. The minimum absolute atomic E-state index is 0.176. The Hall–Kier alpha value is -0.380. The van der Waals surface area contributed by atoms with E-state index in [0.29, 0.717) is 18.8 Å². The maximum atomic E-state index is 13.2. The molecule has 17 heavy (non-hydrogen) atoms. The molecule has 0 amide bonds. The fraction of sp³-hybridized carbons (Fsp3) is 0.500. The van der Waals surface area contributed by atoms with Gasteiger partial charge in [0.05, 0.1) is 5.38 Å². The van der Waals surface area contributed by atoms with Crippen molar-refractivity contribution in [3.63, 3.8) is 0 Å². The van der Waals surface area contributed by atoms with Crippen LogP contribution in [0.25, 0.3) is 0 Å². The Morgan fingerprint density at radius 1 is 1.18 bits per heavy atom. The Morgan fingerprint density at radius 2 is 1.76 bits per heavy atom. The number of rotatable bonds is 2.